The molecular weight excluding hydrogens is 396 g/mol. The van der Waals surface area contributed by atoms with Gasteiger partial charge in [-0.25, -0.2) is 0 Å². The molecule has 0 saturated heterocycles. The zero-order valence-electron chi connectivity index (χ0n) is 11.3. The lowest BCUT2D eigenvalue weighted by Crippen LogP contribution is -2.45. The Bertz CT molecular complexity index is 422. The van der Waals surface area contributed by atoms with Crippen LogP contribution in [-0.2, 0) is 6.42 Å². The van der Waals surface area contributed by atoms with E-state index >= 15 is 0 Å². The molecule has 3 N–H and O–H groups in total. The van der Waals surface area contributed by atoms with E-state index in [0.29, 0.717) is 22.5 Å². The second-order valence-corrected chi connectivity index (χ2v) is 6.04. The maximum absolute atomic E-state index is 5.92. The molecule has 0 heterocycles. The molecule has 0 aliphatic heterocycles. The number of nitrogens with two attached hydrogens (primary N) is 1. The quantitative estimate of drug-likeness (QED) is 0.447. The lowest BCUT2D eigenvalue weighted by molar-refractivity contribution is 0.508. The Morgan fingerprint density at radius 1 is 1.21 bits per heavy atom. The third kappa shape index (κ3) is 8.55. The van der Waals surface area contributed by atoms with Gasteiger partial charge in [0.25, 0.3) is 0 Å². The van der Waals surface area contributed by atoms with Gasteiger partial charge in [0.2, 0.25) is 0 Å². The summed E-state index contributed by atoms with van der Waals surface area (Å²) in [5.74, 6) is 0.454. The van der Waals surface area contributed by atoms with E-state index in [1.54, 1.807) is 6.07 Å². The number of halogens is 3. The minimum Gasteiger partial charge on any atom is -0.370 e. The van der Waals surface area contributed by atoms with Gasteiger partial charge in [-0.05, 0) is 51.0 Å². The summed E-state index contributed by atoms with van der Waals surface area (Å²) in [4.78, 5) is 4.26. The molecule has 0 amide bonds. The molecular formula is C13H20Cl2IN3. The Labute approximate surface area is 142 Å². The van der Waals surface area contributed by atoms with Crippen LogP contribution in [0.15, 0.2) is 23.2 Å². The Morgan fingerprint density at radius 2 is 1.74 bits per heavy atom. The first kappa shape index (κ1) is 18.8. The van der Waals surface area contributed by atoms with Crippen LogP contribution in [0.3, 0.4) is 0 Å². The molecule has 0 saturated carbocycles. The number of nitrogens with zero attached hydrogens (tertiary/aromatic N) is 1. The minimum atomic E-state index is -0.0764. The van der Waals surface area contributed by atoms with Gasteiger partial charge in [-0.3, -0.25) is 4.99 Å². The largest absolute Gasteiger partial charge is 0.370 e. The number of benzene rings is 1. The standard InChI is InChI=1S/C13H19Cl2N3.HI/c1-13(2,3)18-12(16)17-5-4-9-6-10(14)8-11(15)7-9;/h6-8H,4-5H2,1-3H3,(H3,16,17,18);1H. The van der Waals surface area contributed by atoms with Crippen molar-refractivity contribution in [2.45, 2.75) is 32.7 Å². The van der Waals surface area contributed by atoms with E-state index in [4.69, 9.17) is 28.9 Å². The first-order chi connectivity index (χ1) is 8.26. The van der Waals surface area contributed by atoms with Crippen molar-refractivity contribution in [1.29, 1.82) is 0 Å². The molecule has 0 radical (unpaired) electrons. The van der Waals surface area contributed by atoms with Crippen molar-refractivity contribution in [3.8, 4) is 0 Å². The summed E-state index contributed by atoms with van der Waals surface area (Å²) in [5, 5.41) is 4.39. The first-order valence-electron chi connectivity index (χ1n) is 5.79. The molecule has 1 rings (SSSR count). The van der Waals surface area contributed by atoms with Crippen molar-refractivity contribution in [2.24, 2.45) is 10.7 Å². The van der Waals surface area contributed by atoms with Crippen LogP contribution in [0.25, 0.3) is 0 Å². The summed E-state index contributed by atoms with van der Waals surface area (Å²) >= 11 is 11.8. The van der Waals surface area contributed by atoms with E-state index in [0.717, 1.165) is 12.0 Å². The molecule has 108 valence electrons. The summed E-state index contributed by atoms with van der Waals surface area (Å²) < 4.78 is 0. The second-order valence-electron chi connectivity index (χ2n) is 5.17. The van der Waals surface area contributed by atoms with Gasteiger partial charge in [-0.2, -0.15) is 0 Å². The van der Waals surface area contributed by atoms with Crippen LogP contribution in [0.1, 0.15) is 26.3 Å². The number of guanidine groups is 1. The predicted molar refractivity (Wildman–Crippen MR) is 95.0 cm³/mol. The highest BCUT2D eigenvalue weighted by molar-refractivity contribution is 14.0. The van der Waals surface area contributed by atoms with Gasteiger partial charge in [0.05, 0.1) is 0 Å². The summed E-state index contributed by atoms with van der Waals surface area (Å²) in [6.45, 7) is 6.70. The van der Waals surface area contributed by atoms with Crippen LogP contribution < -0.4 is 11.1 Å². The molecule has 0 aromatic heterocycles. The second kappa shape index (κ2) is 8.17. The average Bonchev–Trinajstić information content (AvgIpc) is 2.12. The van der Waals surface area contributed by atoms with Gasteiger partial charge in [0.15, 0.2) is 5.96 Å². The maximum atomic E-state index is 5.92. The van der Waals surface area contributed by atoms with E-state index in [-0.39, 0.29) is 29.5 Å². The molecule has 0 spiro atoms. The third-order valence-electron chi connectivity index (χ3n) is 2.11. The zero-order valence-corrected chi connectivity index (χ0v) is 15.2. The van der Waals surface area contributed by atoms with Crippen molar-refractivity contribution >= 4 is 53.1 Å². The molecule has 0 aliphatic carbocycles. The number of hydrogen-bond donors (Lipinski definition) is 2. The topological polar surface area (TPSA) is 50.4 Å². The summed E-state index contributed by atoms with van der Waals surface area (Å²) in [7, 11) is 0. The molecule has 1 aromatic carbocycles. The van der Waals surface area contributed by atoms with Crippen molar-refractivity contribution in [3.05, 3.63) is 33.8 Å². The molecule has 3 nitrogen and oxygen atoms in total. The first-order valence-corrected chi connectivity index (χ1v) is 6.55. The van der Waals surface area contributed by atoms with E-state index in [9.17, 15) is 0 Å². The number of nitrogens with one attached hydrogen (secondary N) is 1. The number of aliphatic imine (C=N–C) groups is 1. The van der Waals surface area contributed by atoms with Gasteiger partial charge < -0.3 is 11.1 Å². The molecule has 0 bridgehead atoms. The van der Waals surface area contributed by atoms with Crippen LogP contribution in [0.4, 0.5) is 0 Å². The van der Waals surface area contributed by atoms with Gasteiger partial charge in [-0.15, -0.1) is 24.0 Å². The van der Waals surface area contributed by atoms with Crippen LogP contribution in [0, 0.1) is 0 Å². The number of rotatable bonds is 3. The lowest BCUT2D eigenvalue weighted by atomic mass is 10.1. The van der Waals surface area contributed by atoms with Gasteiger partial charge in [0.1, 0.15) is 0 Å². The SMILES string of the molecule is CC(C)(C)NC(N)=NCCc1cc(Cl)cc(Cl)c1.I. The minimum absolute atomic E-state index is 0. The van der Waals surface area contributed by atoms with E-state index in [1.165, 1.54) is 0 Å². The Kier molecular flexibility index (Phi) is 8.08. The molecule has 0 aliphatic rings. The highest BCUT2D eigenvalue weighted by Gasteiger charge is 2.09. The summed E-state index contributed by atoms with van der Waals surface area (Å²) in [6.07, 6.45) is 0.757. The van der Waals surface area contributed by atoms with E-state index in [1.807, 2.05) is 32.9 Å². The lowest BCUT2D eigenvalue weighted by Gasteiger charge is -2.20. The summed E-state index contributed by atoms with van der Waals surface area (Å²) in [5.41, 5.74) is 6.75. The third-order valence-corrected chi connectivity index (χ3v) is 2.54. The fraction of sp³-hybridized carbons (Fsp3) is 0.462. The van der Waals surface area contributed by atoms with Gasteiger partial charge in [0, 0.05) is 22.1 Å². The molecule has 19 heavy (non-hydrogen) atoms. The van der Waals surface area contributed by atoms with E-state index in [2.05, 4.69) is 10.3 Å². The van der Waals surface area contributed by atoms with Crippen LogP contribution in [0.5, 0.6) is 0 Å². The van der Waals surface area contributed by atoms with Gasteiger partial charge >= 0.3 is 0 Å². The fourth-order valence-electron chi connectivity index (χ4n) is 1.48. The maximum Gasteiger partial charge on any atom is 0.188 e. The highest BCUT2D eigenvalue weighted by Crippen LogP contribution is 2.19. The van der Waals surface area contributed by atoms with Crippen LogP contribution in [-0.4, -0.2) is 18.0 Å². The van der Waals surface area contributed by atoms with Crippen LogP contribution in [0.2, 0.25) is 10.0 Å². The van der Waals surface area contributed by atoms with Crippen molar-refractivity contribution in [2.75, 3.05) is 6.54 Å². The molecule has 6 heteroatoms. The van der Waals surface area contributed by atoms with E-state index < -0.39 is 0 Å². The molecule has 0 fully saturated rings. The highest BCUT2D eigenvalue weighted by atomic mass is 127. The van der Waals surface area contributed by atoms with Crippen molar-refractivity contribution in [1.82, 2.24) is 5.32 Å². The molecule has 0 unspecified atom stereocenters. The Balaban J connectivity index is 0.00000324. The predicted octanol–water partition coefficient (Wildman–Crippen LogP) is 3.86. The monoisotopic (exact) mass is 415 g/mol. The smallest absolute Gasteiger partial charge is 0.188 e. The van der Waals surface area contributed by atoms with Crippen molar-refractivity contribution < 1.29 is 0 Å². The average molecular weight is 416 g/mol. The number of hydrogen-bond acceptors (Lipinski definition) is 1. The zero-order chi connectivity index (χ0) is 13.8. The normalized spacial score (nSPS) is 11.9. The molecule has 0 atom stereocenters. The molecule has 1 aromatic rings. The fourth-order valence-corrected chi connectivity index (χ4v) is 2.06. The van der Waals surface area contributed by atoms with Crippen molar-refractivity contribution in [3.63, 3.8) is 0 Å². The van der Waals surface area contributed by atoms with Gasteiger partial charge in [-0.1, -0.05) is 23.2 Å². The van der Waals surface area contributed by atoms with Crippen LogP contribution >= 0.6 is 47.2 Å². The Hall–Kier alpha value is -0.200. The summed E-state index contributed by atoms with van der Waals surface area (Å²) in [6, 6.07) is 5.48. The Morgan fingerprint density at radius 3 is 2.21 bits per heavy atom.